The minimum absolute atomic E-state index is 0.259. The molecular weight excluding hydrogens is 332 g/mol. The first-order chi connectivity index (χ1) is 11.8. The number of rotatable bonds is 5. The summed E-state index contributed by atoms with van der Waals surface area (Å²) in [5.74, 6) is 0. The van der Waals surface area contributed by atoms with E-state index in [0.29, 0.717) is 11.4 Å². The molecule has 1 N–H and O–H groups in total. The van der Waals surface area contributed by atoms with Crippen molar-refractivity contribution in [1.29, 1.82) is 0 Å². The van der Waals surface area contributed by atoms with Crippen LogP contribution < -0.4 is 4.72 Å². The lowest BCUT2D eigenvalue weighted by Gasteiger charge is -2.41. The lowest BCUT2D eigenvalue weighted by Crippen LogP contribution is -2.53. The van der Waals surface area contributed by atoms with E-state index in [1.54, 1.807) is 12.1 Å². The van der Waals surface area contributed by atoms with E-state index in [-0.39, 0.29) is 5.54 Å². The van der Waals surface area contributed by atoms with E-state index in [1.807, 2.05) is 19.1 Å². The molecule has 0 saturated heterocycles. The molecule has 25 heavy (non-hydrogen) atoms. The van der Waals surface area contributed by atoms with Gasteiger partial charge in [-0.1, -0.05) is 42.0 Å². The molecule has 134 valence electrons. The molecule has 0 bridgehead atoms. The number of nitrogens with one attached hydrogen (secondary N) is 1. The predicted molar refractivity (Wildman–Crippen MR) is 101 cm³/mol. The second-order valence-corrected chi connectivity index (χ2v) is 9.16. The van der Waals surface area contributed by atoms with Crippen LogP contribution in [0.5, 0.6) is 0 Å². The Labute approximate surface area is 150 Å². The molecule has 4 nitrogen and oxygen atoms in total. The van der Waals surface area contributed by atoms with Gasteiger partial charge in [0.2, 0.25) is 10.0 Å². The van der Waals surface area contributed by atoms with Crippen molar-refractivity contribution in [3.05, 3.63) is 65.2 Å². The molecule has 0 fully saturated rings. The highest BCUT2D eigenvalue weighted by Gasteiger charge is 2.31. The summed E-state index contributed by atoms with van der Waals surface area (Å²) in [4.78, 5) is 2.67. The largest absolute Gasteiger partial charge is 0.292 e. The number of aryl methyl sites for hydroxylation is 1. The summed E-state index contributed by atoms with van der Waals surface area (Å²) < 4.78 is 27.9. The Kier molecular flexibility index (Phi) is 5.00. The third-order valence-electron chi connectivity index (χ3n) is 5.01. The van der Waals surface area contributed by atoms with Gasteiger partial charge in [-0.25, -0.2) is 13.1 Å². The van der Waals surface area contributed by atoms with Crippen LogP contribution in [0.4, 0.5) is 0 Å². The van der Waals surface area contributed by atoms with Crippen molar-refractivity contribution in [3.8, 4) is 0 Å². The first-order valence-corrected chi connectivity index (χ1v) is 10.1. The third kappa shape index (κ3) is 4.11. The molecule has 1 aliphatic rings. The Balaban J connectivity index is 1.69. The molecule has 2 aromatic carbocycles. The predicted octanol–water partition coefficient (Wildman–Crippen LogP) is 3.11. The van der Waals surface area contributed by atoms with Gasteiger partial charge < -0.3 is 0 Å². The maximum Gasteiger partial charge on any atom is 0.240 e. The average molecular weight is 359 g/mol. The summed E-state index contributed by atoms with van der Waals surface area (Å²) in [6.07, 6.45) is 1.00. The Morgan fingerprint density at radius 2 is 1.68 bits per heavy atom. The fourth-order valence-electron chi connectivity index (χ4n) is 3.20. The summed E-state index contributed by atoms with van der Waals surface area (Å²) in [5.41, 5.74) is 3.52. The molecule has 1 heterocycles. The second kappa shape index (κ2) is 6.90. The topological polar surface area (TPSA) is 49.4 Å². The first kappa shape index (κ1) is 18.1. The molecule has 0 radical (unpaired) electrons. The number of hydrogen-bond acceptors (Lipinski definition) is 3. The van der Waals surface area contributed by atoms with Gasteiger partial charge in [-0.15, -0.1) is 0 Å². The normalized spacial score (nSPS) is 15.8. The molecule has 0 amide bonds. The lowest BCUT2D eigenvalue weighted by molar-refractivity contribution is 0.108. The van der Waals surface area contributed by atoms with Crippen molar-refractivity contribution in [1.82, 2.24) is 9.62 Å². The molecular formula is C20H26N2O2S. The highest BCUT2D eigenvalue weighted by molar-refractivity contribution is 7.89. The molecule has 0 atom stereocenters. The van der Waals surface area contributed by atoms with Crippen LogP contribution in [0.2, 0.25) is 0 Å². The smallest absolute Gasteiger partial charge is 0.240 e. The van der Waals surface area contributed by atoms with Gasteiger partial charge in [-0.3, -0.25) is 4.90 Å². The van der Waals surface area contributed by atoms with E-state index < -0.39 is 10.0 Å². The van der Waals surface area contributed by atoms with Crippen LogP contribution in [0.15, 0.2) is 53.4 Å². The van der Waals surface area contributed by atoms with Crippen LogP contribution in [-0.2, 0) is 23.0 Å². The van der Waals surface area contributed by atoms with Gasteiger partial charge in [0.1, 0.15) is 0 Å². The fraction of sp³-hybridized carbons (Fsp3) is 0.400. The van der Waals surface area contributed by atoms with Crippen molar-refractivity contribution < 1.29 is 8.42 Å². The van der Waals surface area contributed by atoms with E-state index in [9.17, 15) is 8.42 Å². The molecule has 3 rings (SSSR count). The molecule has 5 heteroatoms. The zero-order valence-corrected chi connectivity index (χ0v) is 15.9. The monoisotopic (exact) mass is 358 g/mol. The maximum absolute atomic E-state index is 12.5. The van der Waals surface area contributed by atoms with Crippen molar-refractivity contribution in [2.24, 2.45) is 0 Å². The van der Waals surface area contributed by atoms with Crippen LogP contribution in [0.25, 0.3) is 0 Å². The Bertz CT molecular complexity index is 842. The van der Waals surface area contributed by atoms with E-state index >= 15 is 0 Å². The molecule has 0 spiro atoms. The van der Waals surface area contributed by atoms with Gasteiger partial charge in [0.15, 0.2) is 0 Å². The standard InChI is InChI=1S/C20H26N2O2S/c1-16-8-10-19(11-9-16)25(23,24)21-15-20(2,3)22-13-12-17-6-4-5-7-18(17)14-22/h4-11,21H,12-15H2,1-3H3. The summed E-state index contributed by atoms with van der Waals surface area (Å²) in [5, 5.41) is 0. The van der Waals surface area contributed by atoms with Gasteiger partial charge in [0.25, 0.3) is 0 Å². The lowest BCUT2D eigenvalue weighted by atomic mass is 9.94. The quantitative estimate of drug-likeness (QED) is 0.893. The van der Waals surface area contributed by atoms with Gasteiger partial charge in [-0.2, -0.15) is 0 Å². The highest BCUT2D eigenvalue weighted by Crippen LogP contribution is 2.25. The number of hydrogen-bond donors (Lipinski definition) is 1. The molecule has 0 unspecified atom stereocenters. The molecule has 0 saturated carbocycles. The Morgan fingerprint density at radius 3 is 2.36 bits per heavy atom. The van der Waals surface area contributed by atoms with Crippen molar-refractivity contribution in [2.45, 2.75) is 44.2 Å². The summed E-state index contributed by atoms with van der Waals surface area (Å²) in [6.45, 7) is 8.31. The number of nitrogens with zero attached hydrogens (tertiary/aromatic N) is 1. The molecule has 1 aliphatic heterocycles. The second-order valence-electron chi connectivity index (χ2n) is 7.39. The molecule has 0 aromatic heterocycles. The minimum atomic E-state index is -3.49. The van der Waals surface area contributed by atoms with E-state index in [0.717, 1.165) is 25.1 Å². The van der Waals surface area contributed by atoms with E-state index in [2.05, 4.69) is 47.7 Å². The molecule has 2 aromatic rings. The summed E-state index contributed by atoms with van der Waals surface area (Å²) in [7, 11) is -3.49. The van der Waals surface area contributed by atoms with Crippen LogP contribution in [0.1, 0.15) is 30.5 Å². The van der Waals surface area contributed by atoms with Crippen LogP contribution in [-0.4, -0.2) is 31.9 Å². The number of benzene rings is 2. The fourth-order valence-corrected chi connectivity index (χ4v) is 4.40. The number of sulfonamides is 1. The van der Waals surface area contributed by atoms with Gasteiger partial charge in [0, 0.05) is 25.2 Å². The number of fused-ring (bicyclic) bond motifs is 1. The first-order valence-electron chi connectivity index (χ1n) is 8.66. The minimum Gasteiger partial charge on any atom is -0.292 e. The maximum atomic E-state index is 12.5. The van der Waals surface area contributed by atoms with Crippen LogP contribution in [0, 0.1) is 6.92 Å². The van der Waals surface area contributed by atoms with Gasteiger partial charge in [-0.05, 0) is 50.5 Å². The SMILES string of the molecule is Cc1ccc(S(=O)(=O)NCC(C)(C)N2CCc3ccccc3C2)cc1. The van der Waals surface area contributed by atoms with E-state index in [1.165, 1.54) is 11.1 Å². The molecule has 0 aliphatic carbocycles. The van der Waals surface area contributed by atoms with Gasteiger partial charge in [0.05, 0.1) is 4.90 Å². The summed E-state index contributed by atoms with van der Waals surface area (Å²) in [6, 6.07) is 15.4. The van der Waals surface area contributed by atoms with Crippen molar-refractivity contribution in [3.63, 3.8) is 0 Å². The van der Waals surface area contributed by atoms with E-state index in [4.69, 9.17) is 0 Å². The zero-order chi connectivity index (χ0) is 18.1. The Morgan fingerprint density at radius 1 is 1.04 bits per heavy atom. The third-order valence-corrected chi connectivity index (χ3v) is 6.43. The van der Waals surface area contributed by atoms with Crippen LogP contribution >= 0.6 is 0 Å². The van der Waals surface area contributed by atoms with Crippen LogP contribution in [0.3, 0.4) is 0 Å². The Hall–Kier alpha value is -1.69. The summed E-state index contributed by atoms with van der Waals surface area (Å²) >= 11 is 0. The van der Waals surface area contributed by atoms with Crippen molar-refractivity contribution >= 4 is 10.0 Å². The van der Waals surface area contributed by atoms with Crippen molar-refractivity contribution in [2.75, 3.05) is 13.1 Å². The average Bonchev–Trinajstić information content (AvgIpc) is 2.60. The zero-order valence-electron chi connectivity index (χ0n) is 15.1. The highest BCUT2D eigenvalue weighted by atomic mass is 32.2. The van der Waals surface area contributed by atoms with Gasteiger partial charge >= 0.3 is 0 Å².